The number of fused-ring (bicyclic) bond motifs is 1. The van der Waals surface area contributed by atoms with Crippen LogP contribution in [-0.4, -0.2) is 112 Å². The SMILES string of the molecule is CC1CN(c2ccc(C#N)c(Cl)c2)CCN1C(=O)Nc1ccc(N2CCC(CN3CCC(n4ncc5c(N6CCC(=O)NC6=O)cncc54)CC3)CC2)nc1. The fraction of sp³-hybridized carbons (Fsp3) is 0.462. The molecule has 0 spiro atoms. The van der Waals surface area contributed by atoms with Gasteiger partial charge in [-0.05, 0) is 68.9 Å². The third-order valence-corrected chi connectivity index (χ3v) is 11.8. The Bertz CT molecular complexity index is 2100. The number of anilines is 4. The minimum absolute atomic E-state index is 0.0158. The first-order valence-electron chi connectivity index (χ1n) is 19.1. The Balaban J connectivity index is 0.779. The summed E-state index contributed by atoms with van der Waals surface area (Å²) in [6, 6.07) is 11.2. The molecule has 286 valence electrons. The van der Waals surface area contributed by atoms with E-state index >= 15 is 0 Å². The number of aromatic nitrogens is 4. The van der Waals surface area contributed by atoms with E-state index in [4.69, 9.17) is 21.7 Å². The van der Waals surface area contributed by atoms with Crippen molar-refractivity contribution in [1.29, 1.82) is 5.26 Å². The number of urea groups is 2. The maximum absolute atomic E-state index is 13.2. The third-order valence-electron chi connectivity index (χ3n) is 11.5. The smallest absolute Gasteiger partial charge is 0.328 e. The van der Waals surface area contributed by atoms with Crippen LogP contribution >= 0.6 is 11.6 Å². The third kappa shape index (κ3) is 7.74. The Morgan fingerprint density at radius 3 is 2.49 bits per heavy atom. The maximum Gasteiger partial charge on any atom is 0.328 e. The number of benzene rings is 1. The van der Waals surface area contributed by atoms with Gasteiger partial charge in [0.15, 0.2) is 0 Å². The average Bonchev–Trinajstić information content (AvgIpc) is 3.63. The van der Waals surface area contributed by atoms with Crippen LogP contribution in [0.4, 0.5) is 32.5 Å². The molecule has 15 nitrogen and oxygen atoms in total. The molecular formula is C39H45ClN12O3. The molecule has 55 heavy (non-hydrogen) atoms. The first-order chi connectivity index (χ1) is 26.7. The average molecular weight is 765 g/mol. The highest BCUT2D eigenvalue weighted by atomic mass is 35.5. The number of nitrogens with zero attached hydrogens (tertiary/aromatic N) is 10. The fourth-order valence-electron chi connectivity index (χ4n) is 8.43. The zero-order chi connectivity index (χ0) is 38.1. The summed E-state index contributed by atoms with van der Waals surface area (Å²) < 4.78 is 2.07. The van der Waals surface area contributed by atoms with Gasteiger partial charge >= 0.3 is 12.1 Å². The summed E-state index contributed by atoms with van der Waals surface area (Å²) in [4.78, 5) is 57.1. The van der Waals surface area contributed by atoms with Crippen LogP contribution in [0.3, 0.4) is 0 Å². The number of piperidine rings is 2. The number of nitriles is 1. The number of piperazine rings is 1. The van der Waals surface area contributed by atoms with E-state index in [0.29, 0.717) is 54.1 Å². The summed E-state index contributed by atoms with van der Waals surface area (Å²) in [5.74, 6) is 1.30. The fourth-order valence-corrected chi connectivity index (χ4v) is 8.65. The van der Waals surface area contributed by atoms with E-state index in [1.807, 2.05) is 48.5 Å². The molecule has 1 aromatic carbocycles. The second-order valence-corrected chi connectivity index (χ2v) is 15.4. The van der Waals surface area contributed by atoms with Gasteiger partial charge in [-0.25, -0.2) is 14.6 Å². The van der Waals surface area contributed by atoms with Crippen LogP contribution in [0, 0.1) is 17.2 Å². The standard InChI is InChI=1S/C39H45ClN12O3/c1-26-24-49(31-4-2-28(19-41)33(40)18-31)16-17-50(26)38(54)45-29-3-5-36(43-20-29)48-13-6-27(7-14-48)25-47-11-8-30(9-12-47)52-35-23-42-22-34(32(35)21-44-52)51-15-10-37(53)46-39(51)55/h2-5,18,20-23,26-27,30H,6-17,24-25H2,1H3,(H,45,54)(H,46,53,55). The van der Waals surface area contributed by atoms with Crippen LogP contribution in [-0.2, 0) is 4.79 Å². The number of hydrogen-bond acceptors (Lipinski definition) is 10. The lowest BCUT2D eigenvalue weighted by atomic mass is 9.94. The van der Waals surface area contributed by atoms with Crippen molar-refractivity contribution in [2.24, 2.45) is 5.92 Å². The second kappa shape index (κ2) is 15.7. The Morgan fingerprint density at radius 1 is 0.964 bits per heavy atom. The summed E-state index contributed by atoms with van der Waals surface area (Å²) in [5.41, 5.74) is 3.66. The van der Waals surface area contributed by atoms with E-state index in [9.17, 15) is 19.6 Å². The molecular weight excluding hydrogens is 720 g/mol. The molecule has 4 saturated heterocycles. The minimum Gasteiger partial charge on any atom is -0.368 e. The van der Waals surface area contributed by atoms with Gasteiger partial charge in [-0.15, -0.1) is 0 Å². The number of carbonyl (C=O) groups is 3. The lowest BCUT2D eigenvalue weighted by Gasteiger charge is -2.41. The van der Waals surface area contributed by atoms with Crippen LogP contribution in [0.5, 0.6) is 0 Å². The van der Waals surface area contributed by atoms with Crippen molar-refractivity contribution in [2.45, 2.75) is 51.1 Å². The molecule has 8 rings (SSSR count). The maximum atomic E-state index is 13.2. The molecule has 4 aliphatic heterocycles. The monoisotopic (exact) mass is 764 g/mol. The van der Waals surface area contributed by atoms with Gasteiger partial charge in [-0.3, -0.25) is 24.7 Å². The van der Waals surface area contributed by atoms with Gasteiger partial charge in [-0.2, -0.15) is 10.4 Å². The molecule has 4 aromatic rings. The van der Waals surface area contributed by atoms with Gasteiger partial charge in [0.1, 0.15) is 11.9 Å². The van der Waals surface area contributed by atoms with Crippen LogP contribution < -0.4 is 25.3 Å². The van der Waals surface area contributed by atoms with Crippen molar-refractivity contribution >= 4 is 63.4 Å². The van der Waals surface area contributed by atoms with Gasteiger partial charge < -0.3 is 24.9 Å². The van der Waals surface area contributed by atoms with Crippen molar-refractivity contribution in [1.82, 2.24) is 34.9 Å². The number of halogens is 1. The number of pyridine rings is 2. The molecule has 1 unspecified atom stereocenters. The van der Waals surface area contributed by atoms with Gasteiger partial charge in [0.2, 0.25) is 5.91 Å². The lowest BCUT2D eigenvalue weighted by Crippen LogP contribution is -2.55. The topological polar surface area (TPSA) is 159 Å². The van der Waals surface area contributed by atoms with Crippen LogP contribution in [0.25, 0.3) is 10.9 Å². The molecule has 16 heteroatoms. The second-order valence-electron chi connectivity index (χ2n) is 15.0. The van der Waals surface area contributed by atoms with Crippen molar-refractivity contribution in [2.75, 3.05) is 78.9 Å². The van der Waals surface area contributed by atoms with E-state index in [1.54, 1.807) is 23.4 Å². The van der Waals surface area contributed by atoms with E-state index in [-0.39, 0.29) is 30.4 Å². The molecule has 7 heterocycles. The van der Waals surface area contributed by atoms with Crippen LogP contribution in [0.15, 0.2) is 55.1 Å². The van der Waals surface area contributed by atoms with Gasteiger partial charge in [-0.1, -0.05) is 11.6 Å². The Labute approximate surface area is 324 Å². The van der Waals surface area contributed by atoms with Gasteiger partial charge in [0.25, 0.3) is 0 Å². The van der Waals surface area contributed by atoms with E-state index < -0.39 is 6.03 Å². The minimum atomic E-state index is -0.418. The predicted octanol–water partition coefficient (Wildman–Crippen LogP) is 5.09. The number of rotatable bonds is 7. The summed E-state index contributed by atoms with van der Waals surface area (Å²) in [5, 5.41) is 20.7. The molecule has 4 aliphatic rings. The van der Waals surface area contributed by atoms with Crippen LogP contribution in [0.1, 0.15) is 50.6 Å². The largest absolute Gasteiger partial charge is 0.368 e. The first kappa shape index (κ1) is 36.5. The van der Waals surface area contributed by atoms with Gasteiger partial charge in [0, 0.05) is 82.4 Å². The molecule has 1 atom stereocenters. The van der Waals surface area contributed by atoms with Crippen molar-refractivity contribution < 1.29 is 14.4 Å². The normalized spacial score (nSPS) is 20.5. The molecule has 4 fully saturated rings. The van der Waals surface area contributed by atoms with Crippen molar-refractivity contribution in [3.05, 3.63) is 65.7 Å². The van der Waals surface area contributed by atoms with E-state index in [0.717, 1.165) is 80.8 Å². The Morgan fingerprint density at radius 2 is 1.78 bits per heavy atom. The van der Waals surface area contributed by atoms with Crippen molar-refractivity contribution in [3.8, 4) is 6.07 Å². The summed E-state index contributed by atoms with van der Waals surface area (Å²) in [7, 11) is 0. The zero-order valence-corrected chi connectivity index (χ0v) is 31.7. The number of likely N-dealkylation sites (tertiary alicyclic amines) is 1. The number of hydrogen-bond donors (Lipinski definition) is 2. The quantitative estimate of drug-likeness (QED) is 0.260. The molecule has 0 aliphatic carbocycles. The highest BCUT2D eigenvalue weighted by Crippen LogP contribution is 2.33. The number of carbonyl (C=O) groups excluding carboxylic acids is 3. The highest BCUT2D eigenvalue weighted by molar-refractivity contribution is 6.32. The number of nitrogens with one attached hydrogen (secondary N) is 2. The van der Waals surface area contributed by atoms with Gasteiger partial charge in [0.05, 0.1) is 58.3 Å². The molecule has 0 bridgehead atoms. The highest BCUT2D eigenvalue weighted by Gasteiger charge is 2.31. The molecule has 5 amide bonds. The van der Waals surface area contributed by atoms with Crippen LogP contribution in [0.2, 0.25) is 5.02 Å². The molecule has 2 N–H and O–H groups in total. The number of imide groups is 1. The molecule has 3 aromatic heterocycles. The van der Waals surface area contributed by atoms with E-state index in [1.165, 1.54) is 0 Å². The summed E-state index contributed by atoms with van der Waals surface area (Å²) >= 11 is 6.26. The summed E-state index contributed by atoms with van der Waals surface area (Å²) in [6.45, 7) is 9.25. The molecule has 0 saturated carbocycles. The predicted molar refractivity (Wildman–Crippen MR) is 210 cm³/mol. The van der Waals surface area contributed by atoms with Crippen molar-refractivity contribution in [3.63, 3.8) is 0 Å². The number of amides is 5. The molecule has 0 radical (unpaired) electrons. The Kier molecular flexibility index (Phi) is 10.4. The Hall–Kier alpha value is -5.46. The summed E-state index contributed by atoms with van der Waals surface area (Å²) in [6.07, 6.45) is 11.5. The first-order valence-corrected chi connectivity index (χ1v) is 19.5. The lowest BCUT2D eigenvalue weighted by molar-refractivity contribution is -0.120. The van der Waals surface area contributed by atoms with E-state index in [2.05, 4.69) is 41.1 Å². The zero-order valence-electron chi connectivity index (χ0n) is 30.9.